The van der Waals surface area contributed by atoms with Crippen molar-refractivity contribution in [3.63, 3.8) is 0 Å². The molecule has 0 aromatic heterocycles. The number of amides is 1. The molecule has 1 aliphatic carbocycles. The van der Waals surface area contributed by atoms with Crippen LogP contribution >= 0.6 is 0 Å². The Hall–Kier alpha value is -1.58. The maximum Gasteiger partial charge on any atom is 0.243 e. The van der Waals surface area contributed by atoms with Crippen LogP contribution in [0.5, 0.6) is 0 Å². The Morgan fingerprint density at radius 2 is 1.89 bits per heavy atom. The first kappa shape index (κ1) is 13.8. The zero-order valence-electron chi connectivity index (χ0n) is 11.4. The number of anilines is 1. The zero-order valence-corrected chi connectivity index (χ0v) is 11.4. The Morgan fingerprint density at radius 3 is 2.42 bits per heavy atom. The molecule has 1 aromatic carbocycles. The summed E-state index contributed by atoms with van der Waals surface area (Å²) in [5.41, 5.74) is 5.12. The normalized spacial score (nSPS) is 30.9. The number of nitrogens with one attached hydrogen (secondary N) is 1. The fourth-order valence-corrected chi connectivity index (χ4v) is 3.31. The minimum atomic E-state index is -0.834. The van der Waals surface area contributed by atoms with Crippen LogP contribution in [-0.2, 0) is 4.79 Å². The molecule has 19 heavy (non-hydrogen) atoms. The third-order valence-electron chi connectivity index (χ3n) is 3.92. The van der Waals surface area contributed by atoms with Crippen LogP contribution in [-0.4, -0.2) is 11.4 Å². The molecule has 0 radical (unpaired) electrons. The number of benzene rings is 1. The third-order valence-corrected chi connectivity index (χ3v) is 3.92. The molecule has 1 aromatic rings. The average Bonchev–Trinajstić information content (AvgIpc) is 2.30. The van der Waals surface area contributed by atoms with Crippen LogP contribution in [0, 0.1) is 17.7 Å². The molecule has 4 heteroatoms. The SMILES string of the molecule is CC1CC(C)CC(Nc2ccccc2F)(C(N)=O)C1. The average molecular weight is 264 g/mol. The van der Waals surface area contributed by atoms with Crippen molar-refractivity contribution in [2.45, 2.75) is 38.6 Å². The van der Waals surface area contributed by atoms with Gasteiger partial charge in [-0.15, -0.1) is 0 Å². The second-order valence-electron chi connectivity index (χ2n) is 5.91. The second kappa shape index (κ2) is 5.19. The van der Waals surface area contributed by atoms with E-state index in [0.29, 0.717) is 30.4 Å². The van der Waals surface area contributed by atoms with Gasteiger partial charge in [-0.3, -0.25) is 4.79 Å². The number of halogens is 1. The van der Waals surface area contributed by atoms with Crippen molar-refractivity contribution >= 4 is 11.6 Å². The number of nitrogens with two attached hydrogens (primary N) is 1. The number of rotatable bonds is 3. The Morgan fingerprint density at radius 1 is 1.32 bits per heavy atom. The molecular weight excluding hydrogens is 243 g/mol. The number of para-hydroxylation sites is 1. The lowest BCUT2D eigenvalue weighted by Crippen LogP contribution is -2.54. The van der Waals surface area contributed by atoms with Gasteiger partial charge in [0.25, 0.3) is 0 Å². The fraction of sp³-hybridized carbons (Fsp3) is 0.533. The van der Waals surface area contributed by atoms with Gasteiger partial charge in [-0.2, -0.15) is 0 Å². The van der Waals surface area contributed by atoms with Gasteiger partial charge in [-0.25, -0.2) is 4.39 Å². The lowest BCUT2D eigenvalue weighted by Gasteiger charge is -2.41. The number of carbonyl (C=O) groups is 1. The van der Waals surface area contributed by atoms with E-state index in [9.17, 15) is 9.18 Å². The van der Waals surface area contributed by atoms with E-state index < -0.39 is 11.4 Å². The Bertz CT molecular complexity index is 465. The van der Waals surface area contributed by atoms with E-state index in [1.54, 1.807) is 18.2 Å². The zero-order chi connectivity index (χ0) is 14.0. The second-order valence-corrected chi connectivity index (χ2v) is 5.91. The van der Waals surface area contributed by atoms with E-state index in [-0.39, 0.29) is 5.82 Å². The largest absolute Gasteiger partial charge is 0.369 e. The highest BCUT2D eigenvalue weighted by Gasteiger charge is 2.43. The van der Waals surface area contributed by atoms with Crippen molar-refractivity contribution in [2.75, 3.05) is 5.32 Å². The Balaban J connectivity index is 2.30. The van der Waals surface area contributed by atoms with Gasteiger partial charge in [-0.05, 0) is 43.2 Å². The van der Waals surface area contributed by atoms with Gasteiger partial charge in [0.2, 0.25) is 5.91 Å². The summed E-state index contributed by atoms with van der Waals surface area (Å²) in [5.74, 6) is 0.0502. The minimum absolute atomic E-state index is 0.350. The molecule has 1 amide bonds. The first-order valence-corrected chi connectivity index (χ1v) is 6.75. The third kappa shape index (κ3) is 2.88. The summed E-state index contributed by atoms with van der Waals surface area (Å²) in [6.45, 7) is 4.22. The predicted molar refractivity (Wildman–Crippen MR) is 74.1 cm³/mol. The summed E-state index contributed by atoms with van der Waals surface area (Å²) in [5, 5.41) is 3.07. The van der Waals surface area contributed by atoms with Gasteiger partial charge in [0, 0.05) is 0 Å². The first-order chi connectivity index (χ1) is 8.93. The molecule has 0 spiro atoms. The lowest BCUT2D eigenvalue weighted by atomic mass is 9.71. The summed E-state index contributed by atoms with van der Waals surface area (Å²) in [7, 11) is 0. The molecule has 0 heterocycles. The molecule has 1 aliphatic rings. The van der Waals surface area contributed by atoms with Gasteiger partial charge >= 0.3 is 0 Å². The van der Waals surface area contributed by atoms with Crippen LogP contribution in [0.1, 0.15) is 33.1 Å². The summed E-state index contributed by atoms with van der Waals surface area (Å²) >= 11 is 0. The Labute approximate surface area is 113 Å². The van der Waals surface area contributed by atoms with Crippen molar-refractivity contribution in [3.8, 4) is 0 Å². The van der Waals surface area contributed by atoms with E-state index in [1.165, 1.54) is 6.07 Å². The predicted octanol–water partition coefficient (Wildman–Crippen LogP) is 2.92. The van der Waals surface area contributed by atoms with Gasteiger partial charge in [0.15, 0.2) is 0 Å². The van der Waals surface area contributed by atoms with Gasteiger partial charge in [0.05, 0.1) is 5.69 Å². The molecule has 1 fully saturated rings. The topological polar surface area (TPSA) is 55.1 Å². The van der Waals surface area contributed by atoms with Crippen LogP contribution in [0.4, 0.5) is 10.1 Å². The van der Waals surface area contributed by atoms with E-state index >= 15 is 0 Å². The van der Waals surface area contributed by atoms with Crippen LogP contribution in [0.2, 0.25) is 0 Å². The molecule has 0 bridgehead atoms. The summed E-state index contributed by atoms with van der Waals surface area (Å²) in [4.78, 5) is 11.9. The van der Waals surface area contributed by atoms with Crippen LogP contribution in [0.25, 0.3) is 0 Å². The van der Waals surface area contributed by atoms with E-state index in [0.717, 1.165) is 6.42 Å². The molecule has 3 N–H and O–H groups in total. The van der Waals surface area contributed by atoms with E-state index in [1.807, 2.05) is 0 Å². The highest BCUT2D eigenvalue weighted by molar-refractivity contribution is 5.88. The molecule has 1 saturated carbocycles. The Kier molecular flexibility index (Phi) is 3.78. The molecule has 104 valence electrons. The molecule has 2 atom stereocenters. The summed E-state index contributed by atoms with van der Waals surface area (Å²) < 4.78 is 13.8. The molecule has 0 aliphatic heterocycles. The van der Waals surface area contributed by atoms with E-state index in [2.05, 4.69) is 19.2 Å². The minimum Gasteiger partial charge on any atom is -0.369 e. The number of hydrogen-bond donors (Lipinski definition) is 2. The standard InChI is InChI=1S/C15H21FN2O/c1-10-7-11(2)9-15(8-10,14(17)19)18-13-6-4-3-5-12(13)16/h3-6,10-11,18H,7-9H2,1-2H3,(H2,17,19). The highest BCUT2D eigenvalue weighted by atomic mass is 19.1. The molecule has 2 rings (SSSR count). The number of primary amides is 1. The maximum atomic E-state index is 13.8. The van der Waals surface area contributed by atoms with Crippen molar-refractivity contribution in [1.82, 2.24) is 0 Å². The maximum absolute atomic E-state index is 13.8. The summed E-state index contributed by atoms with van der Waals surface area (Å²) in [6, 6.07) is 6.40. The quantitative estimate of drug-likeness (QED) is 0.882. The van der Waals surface area contributed by atoms with Crippen LogP contribution < -0.4 is 11.1 Å². The van der Waals surface area contributed by atoms with Crippen molar-refractivity contribution in [3.05, 3.63) is 30.1 Å². The van der Waals surface area contributed by atoms with Gasteiger partial charge in [0.1, 0.15) is 11.4 Å². The number of hydrogen-bond acceptors (Lipinski definition) is 2. The molecular formula is C15H21FN2O. The van der Waals surface area contributed by atoms with Crippen molar-refractivity contribution in [2.24, 2.45) is 17.6 Å². The molecule has 0 saturated heterocycles. The summed E-state index contributed by atoms with van der Waals surface area (Å²) in [6.07, 6.45) is 2.38. The van der Waals surface area contributed by atoms with E-state index in [4.69, 9.17) is 5.73 Å². The molecule has 3 nitrogen and oxygen atoms in total. The van der Waals surface area contributed by atoms with Gasteiger partial charge < -0.3 is 11.1 Å². The van der Waals surface area contributed by atoms with Gasteiger partial charge in [-0.1, -0.05) is 26.0 Å². The van der Waals surface area contributed by atoms with Crippen molar-refractivity contribution < 1.29 is 9.18 Å². The monoisotopic (exact) mass is 264 g/mol. The lowest BCUT2D eigenvalue weighted by molar-refractivity contribution is -0.124. The molecule has 2 unspecified atom stereocenters. The smallest absolute Gasteiger partial charge is 0.243 e. The van der Waals surface area contributed by atoms with Crippen LogP contribution in [0.15, 0.2) is 24.3 Å². The first-order valence-electron chi connectivity index (χ1n) is 6.75. The van der Waals surface area contributed by atoms with Crippen molar-refractivity contribution in [1.29, 1.82) is 0 Å². The number of carbonyl (C=O) groups excluding carboxylic acids is 1. The highest BCUT2D eigenvalue weighted by Crippen LogP contribution is 2.38. The van der Waals surface area contributed by atoms with Crippen LogP contribution in [0.3, 0.4) is 0 Å². The fourth-order valence-electron chi connectivity index (χ4n) is 3.31.